The topological polar surface area (TPSA) is 100 Å². The summed E-state index contributed by atoms with van der Waals surface area (Å²) in [6.07, 6.45) is 0.799. The summed E-state index contributed by atoms with van der Waals surface area (Å²) in [5.74, 6) is 0.709. The highest BCUT2D eigenvalue weighted by atomic mass is 16.6. The first-order chi connectivity index (χ1) is 17.4. The molecule has 0 radical (unpaired) electrons. The number of carbonyl (C=O) groups is 1. The number of hydrogen-bond acceptors (Lipinski definition) is 10. The largest absolute Gasteiger partial charge is 0.491 e. The molecule has 0 atom stereocenters. The molecule has 10 nitrogen and oxygen atoms in total. The van der Waals surface area contributed by atoms with Gasteiger partial charge >= 0.3 is 0 Å². The molecule has 202 valence electrons. The van der Waals surface area contributed by atoms with Crippen LogP contribution < -0.4 is 4.74 Å². The second kappa shape index (κ2) is 25.5. The van der Waals surface area contributed by atoms with Crippen LogP contribution in [0.2, 0.25) is 0 Å². The molecule has 0 saturated carbocycles. The fourth-order valence-electron chi connectivity index (χ4n) is 2.54. The zero-order valence-electron chi connectivity index (χ0n) is 21.0. The minimum Gasteiger partial charge on any atom is -0.491 e. The Labute approximate surface area is 209 Å². The van der Waals surface area contributed by atoms with E-state index < -0.39 is 0 Å². The van der Waals surface area contributed by atoms with Crippen LogP contribution in [-0.4, -0.2) is 119 Å². The number of benzene rings is 1. The van der Waals surface area contributed by atoms with E-state index in [0.717, 1.165) is 6.29 Å². The van der Waals surface area contributed by atoms with Crippen LogP contribution in [0.5, 0.6) is 5.75 Å². The molecule has 0 spiro atoms. The lowest BCUT2D eigenvalue weighted by Gasteiger charge is -2.09. The minimum atomic E-state index is 0.438. The fourth-order valence-corrected chi connectivity index (χ4v) is 2.54. The molecular weight excluding hydrogens is 460 g/mol. The molecule has 0 aliphatic carbocycles. The van der Waals surface area contributed by atoms with Gasteiger partial charge < -0.3 is 42.6 Å². The second-order valence-corrected chi connectivity index (χ2v) is 7.02. The number of hydrogen-bond donors (Lipinski definition) is 0. The van der Waals surface area contributed by atoms with Gasteiger partial charge in [0.25, 0.3) is 0 Å². The Morgan fingerprint density at radius 2 is 0.800 bits per heavy atom. The summed E-state index contributed by atoms with van der Waals surface area (Å²) in [6.45, 7) is 11.0. The van der Waals surface area contributed by atoms with Crippen molar-refractivity contribution in [1.29, 1.82) is 0 Å². The van der Waals surface area contributed by atoms with E-state index >= 15 is 0 Å². The Bertz CT molecular complexity index is 570. The maximum atomic E-state index is 10.6. The number of carbonyl (C=O) groups excluding carboxylic acids is 1. The van der Waals surface area contributed by atoms with Gasteiger partial charge in [0.1, 0.15) is 18.6 Å². The molecule has 35 heavy (non-hydrogen) atoms. The second-order valence-electron chi connectivity index (χ2n) is 7.02. The predicted octanol–water partition coefficient (Wildman–Crippen LogP) is 2.03. The first kappa shape index (κ1) is 31.4. The highest BCUT2D eigenvalue weighted by Gasteiger charge is 1.97. The third kappa shape index (κ3) is 21.4. The van der Waals surface area contributed by atoms with Crippen LogP contribution in [0.1, 0.15) is 17.3 Å². The maximum Gasteiger partial charge on any atom is 0.150 e. The van der Waals surface area contributed by atoms with Gasteiger partial charge in [-0.3, -0.25) is 4.79 Å². The quantitative estimate of drug-likeness (QED) is 0.131. The molecule has 0 amide bonds. The molecule has 1 rings (SSSR count). The SMILES string of the molecule is CCOCCOCCOCCOCCOCCOCCOCCOCCOc1ccc(C=O)cc1. The summed E-state index contributed by atoms with van der Waals surface area (Å²) in [5, 5.41) is 0. The highest BCUT2D eigenvalue weighted by Crippen LogP contribution is 2.10. The van der Waals surface area contributed by atoms with Gasteiger partial charge in [-0.25, -0.2) is 0 Å². The van der Waals surface area contributed by atoms with Gasteiger partial charge in [-0.05, 0) is 31.2 Å². The van der Waals surface area contributed by atoms with Crippen molar-refractivity contribution in [3.63, 3.8) is 0 Å². The number of aldehydes is 1. The summed E-state index contributed by atoms with van der Waals surface area (Å²) < 4.78 is 48.6. The van der Waals surface area contributed by atoms with Gasteiger partial charge in [-0.1, -0.05) is 0 Å². The van der Waals surface area contributed by atoms with Crippen molar-refractivity contribution in [3.05, 3.63) is 29.8 Å². The fraction of sp³-hybridized carbons (Fsp3) is 0.720. The monoisotopic (exact) mass is 502 g/mol. The zero-order chi connectivity index (χ0) is 25.1. The summed E-state index contributed by atoms with van der Waals surface area (Å²) in [7, 11) is 0. The van der Waals surface area contributed by atoms with Crippen LogP contribution in [0.3, 0.4) is 0 Å². The van der Waals surface area contributed by atoms with Gasteiger partial charge in [0.05, 0.1) is 99.1 Å². The van der Waals surface area contributed by atoms with Crippen LogP contribution in [0.25, 0.3) is 0 Å². The molecule has 0 aromatic heterocycles. The molecule has 10 heteroatoms. The Kier molecular flexibility index (Phi) is 22.8. The molecule has 0 heterocycles. The van der Waals surface area contributed by atoms with Gasteiger partial charge in [-0.2, -0.15) is 0 Å². The average Bonchev–Trinajstić information content (AvgIpc) is 2.89. The van der Waals surface area contributed by atoms with Crippen LogP contribution in [0.15, 0.2) is 24.3 Å². The lowest BCUT2D eigenvalue weighted by Crippen LogP contribution is -2.15. The van der Waals surface area contributed by atoms with Gasteiger partial charge in [0, 0.05) is 12.2 Å². The van der Waals surface area contributed by atoms with Crippen LogP contribution in [-0.2, 0) is 37.9 Å². The zero-order valence-corrected chi connectivity index (χ0v) is 21.0. The molecule has 0 N–H and O–H groups in total. The van der Waals surface area contributed by atoms with E-state index in [2.05, 4.69) is 0 Å². The summed E-state index contributed by atoms with van der Waals surface area (Å²) in [4.78, 5) is 10.6. The third-order valence-electron chi connectivity index (χ3n) is 4.32. The Morgan fingerprint density at radius 1 is 0.486 bits per heavy atom. The number of rotatable bonds is 27. The summed E-state index contributed by atoms with van der Waals surface area (Å²) >= 11 is 0. The third-order valence-corrected chi connectivity index (χ3v) is 4.32. The van der Waals surface area contributed by atoms with E-state index in [1.165, 1.54) is 0 Å². The normalized spacial score (nSPS) is 11.1. The van der Waals surface area contributed by atoms with Crippen molar-refractivity contribution < 1.29 is 47.4 Å². The summed E-state index contributed by atoms with van der Waals surface area (Å²) in [5.41, 5.74) is 0.622. The molecule has 0 bridgehead atoms. The minimum absolute atomic E-state index is 0.438. The van der Waals surface area contributed by atoms with E-state index in [-0.39, 0.29) is 0 Å². The van der Waals surface area contributed by atoms with E-state index in [1.54, 1.807) is 24.3 Å². The molecule has 0 fully saturated rings. The van der Waals surface area contributed by atoms with Crippen LogP contribution >= 0.6 is 0 Å². The van der Waals surface area contributed by atoms with Gasteiger partial charge in [0.15, 0.2) is 0 Å². The van der Waals surface area contributed by atoms with E-state index in [1.807, 2.05) is 6.92 Å². The Hall–Kier alpha value is -1.63. The van der Waals surface area contributed by atoms with E-state index in [0.29, 0.717) is 124 Å². The van der Waals surface area contributed by atoms with Crippen molar-refractivity contribution in [1.82, 2.24) is 0 Å². The lowest BCUT2D eigenvalue weighted by molar-refractivity contribution is -0.0233. The first-order valence-electron chi connectivity index (χ1n) is 12.2. The molecule has 0 unspecified atom stereocenters. The standard InChI is InChI=1S/C25H42O10/c1-2-27-7-8-28-9-10-29-11-12-30-13-14-31-15-16-32-17-18-33-19-20-34-21-22-35-25-5-3-24(23-26)4-6-25/h3-6,23H,2,7-22H2,1H3. The molecule has 0 aliphatic heterocycles. The van der Waals surface area contributed by atoms with Crippen molar-refractivity contribution in [2.45, 2.75) is 6.92 Å². The highest BCUT2D eigenvalue weighted by molar-refractivity contribution is 5.74. The Balaban J connectivity index is 1.68. The number of ether oxygens (including phenoxy) is 9. The predicted molar refractivity (Wildman–Crippen MR) is 130 cm³/mol. The Morgan fingerprint density at radius 3 is 1.11 bits per heavy atom. The molecule has 1 aromatic carbocycles. The van der Waals surface area contributed by atoms with Crippen molar-refractivity contribution in [2.24, 2.45) is 0 Å². The molecular formula is C25H42O10. The van der Waals surface area contributed by atoms with Gasteiger partial charge in [-0.15, -0.1) is 0 Å². The van der Waals surface area contributed by atoms with E-state index in [4.69, 9.17) is 42.6 Å². The molecule has 0 aliphatic rings. The summed E-state index contributed by atoms with van der Waals surface area (Å²) in [6, 6.07) is 6.94. The van der Waals surface area contributed by atoms with Crippen molar-refractivity contribution in [3.8, 4) is 5.75 Å². The van der Waals surface area contributed by atoms with Gasteiger partial charge in [0.2, 0.25) is 0 Å². The van der Waals surface area contributed by atoms with Crippen molar-refractivity contribution >= 4 is 6.29 Å². The molecule has 0 saturated heterocycles. The smallest absolute Gasteiger partial charge is 0.150 e. The van der Waals surface area contributed by atoms with E-state index in [9.17, 15) is 4.79 Å². The average molecular weight is 503 g/mol. The maximum absolute atomic E-state index is 10.6. The first-order valence-corrected chi connectivity index (χ1v) is 12.2. The van der Waals surface area contributed by atoms with Crippen molar-refractivity contribution in [2.75, 3.05) is 112 Å². The van der Waals surface area contributed by atoms with Crippen LogP contribution in [0.4, 0.5) is 0 Å². The molecule has 1 aromatic rings. The lowest BCUT2D eigenvalue weighted by atomic mass is 10.2. The van der Waals surface area contributed by atoms with Crippen LogP contribution in [0, 0.1) is 0 Å².